The van der Waals surface area contributed by atoms with Crippen LogP contribution in [0.1, 0.15) is 25.3 Å². The minimum absolute atomic E-state index is 0.0541. The van der Waals surface area contributed by atoms with E-state index >= 15 is 0 Å². The van der Waals surface area contributed by atoms with Gasteiger partial charge in [0.25, 0.3) is 5.56 Å². The summed E-state index contributed by atoms with van der Waals surface area (Å²) in [7, 11) is 0. The van der Waals surface area contributed by atoms with Crippen molar-refractivity contribution in [3.63, 3.8) is 0 Å². The number of carbonyl (C=O) groups excluding carboxylic acids is 2. The van der Waals surface area contributed by atoms with Crippen molar-refractivity contribution >= 4 is 44.3 Å². The van der Waals surface area contributed by atoms with Gasteiger partial charge >= 0.3 is 0 Å². The monoisotopic (exact) mass is 454 g/mol. The van der Waals surface area contributed by atoms with Gasteiger partial charge in [-0.05, 0) is 38.3 Å². The first-order chi connectivity index (χ1) is 15.5. The Bertz CT molecular complexity index is 1200. The van der Waals surface area contributed by atoms with Gasteiger partial charge in [-0.1, -0.05) is 29.5 Å². The topological polar surface area (TPSA) is 109 Å². The van der Waals surface area contributed by atoms with Gasteiger partial charge in [0.2, 0.25) is 11.8 Å². The lowest BCUT2D eigenvalue weighted by atomic mass is 9.97. The Morgan fingerprint density at radius 1 is 1.28 bits per heavy atom. The third-order valence-electron chi connectivity index (χ3n) is 5.52. The fourth-order valence-electron chi connectivity index (χ4n) is 3.82. The molecule has 0 bridgehead atoms. The molecule has 0 spiro atoms. The lowest BCUT2D eigenvalue weighted by Crippen LogP contribution is -2.43. The summed E-state index contributed by atoms with van der Waals surface area (Å²) in [4.78, 5) is 48.5. The molecule has 1 saturated heterocycles. The van der Waals surface area contributed by atoms with Gasteiger partial charge in [-0.2, -0.15) is 4.98 Å². The lowest BCUT2D eigenvalue weighted by molar-refractivity contribution is -0.125. The van der Waals surface area contributed by atoms with E-state index in [9.17, 15) is 14.4 Å². The van der Waals surface area contributed by atoms with Crippen LogP contribution in [-0.4, -0.2) is 46.0 Å². The molecule has 1 aromatic carbocycles. The highest BCUT2D eigenvalue weighted by molar-refractivity contribution is 7.22. The lowest BCUT2D eigenvalue weighted by Gasteiger charge is -2.31. The number of rotatable bonds is 6. The van der Waals surface area contributed by atoms with E-state index in [1.54, 1.807) is 0 Å². The SMILES string of the molecule is CCNC(=O)[C@@H]1CCCN(c2nc3ncn(CC(=O)Nc4ccccc4C)c(=O)c3s2)C1. The van der Waals surface area contributed by atoms with Gasteiger partial charge in [0.05, 0.1) is 5.92 Å². The average Bonchev–Trinajstić information content (AvgIpc) is 3.23. The molecule has 0 saturated carbocycles. The zero-order chi connectivity index (χ0) is 22.7. The second-order valence-corrected chi connectivity index (χ2v) is 8.85. The molecular formula is C22H26N6O3S. The molecule has 0 unspecified atom stereocenters. The van der Waals surface area contributed by atoms with Crippen molar-refractivity contribution in [1.29, 1.82) is 0 Å². The molecule has 3 aromatic rings. The van der Waals surface area contributed by atoms with E-state index in [0.717, 1.165) is 24.9 Å². The Hall–Kier alpha value is -3.27. The van der Waals surface area contributed by atoms with Crippen LogP contribution in [0, 0.1) is 12.8 Å². The summed E-state index contributed by atoms with van der Waals surface area (Å²) in [6, 6.07) is 7.47. The van der Waals surface area contributed by atoms with Gasteiger partial charge in [0.1, 0.15) is 17.6 Å². The Morgan fingerprint density at radius 2 is 2.09 bits per heavy atom. The van der Waals surface area contributed by atoms with Crippen LogP contribution in [-0.2, 0) is 16.1 Å². The van der Waals surface area contributed by atoms with E-state index in [1.165, 1.54) is 22.2 Å². The number of piperidine rings is 1. The van der Waals surface area contributed by atoms with Crippen LogP contribution >= 0.6 is 11.3 Å². The van der Waals surface area contributed by atoms with Gasteiger partial charge in [-0.3, -0.25) is 19.0 Å². The molecule has 3 heterocycles. The molecule has 1 aliphatic rings. The molecule has 10 heteroatoms. The zero-order valence-corrected chi connectivity index (χ0v) is 18.9. The number of aromatic nitrogens is 3. The van der Waals surface area contributed by atoms with Crippen LogP contribution in [0.25, 0.3) is 10.3 Å². The summed E-state index contributed by atoms with van der Waals surface area (Å²) in [6.45, 7) is 5.64. The Labute approximate surface area is 189 Å². The highest BCUT2D eigenvalue weighted by Gasteiger charge is 2.27. The summed E-state index contributed by atoms with van der Waals surface area (Å²) in [5.41, 5.74) is 1.73. The van der Waals surface area contributed by atoms with Crippen LogP contribution in [0.2, 0.25) is 0 Å². The van der Waals surface area contributed by atoms with E-state index in [2.05, 4.69) is 20.6 Å². The number of para-hydroxylation sites is 1. The molecule has 2 N–H and O–H groups in total. The van der Waals surface area contributed by atoms with Gasteiger partial charge < -0.3 is 15.5 Å². The number of nitrogens with one attached hydrogen (secondary N) is 2. The predicted molar refractivity (Wildman–Crippen MR) is 125 cm³/mol. The van der Waals surface area contributed by atoms with Crippen LogP contribution in [0.3, 0.4) is 0 Å². The molecule has 9 nitrogen and oxygen atoms in total. The molecular weight excluding hydrogens is 428 g/mol. The summed E-state index contributed by atoms with van der Waals surface area (Å²) in [6.07, 6.45) is 3.09. The van der Waals surface area contributed by atoms with Crippen LogP contribution < -0.4 is 21.1 Å². The first-order valence-electron chi connectivity index (χ1n) is 10.7. The molecule has 2 aromatic heterocycles. The number of fused-ring (bicyclic) bond motifs is 1. The highest BCUT2D eigenvalue weighted by atomic mass is 32.1. The molecule has 1 atom stereocenters. The van der Waals surface area contributed by atoms with Crippen molar-refractivity contribution in [3.05, 3.63) is 46.5 Å². The third kappa shape index (κ3) is 4.64. The largest absolute Gasteiger partial charge is 0.356 e. The number of nitrogens with zero attached hydrogens (tertiary/aromatic N) is 4. The number of benzene rings is 1. The summed E-state index contributed by atoms with van der Waals surface area (Å²) in [5.74, 6) is -0.336. The van der Waals surface area contributed by atoms with Crippen molar-refractivity contribution in [1.82, 2.24) is 19.9 Å². The average molecular weight is 455 g/mol. The second kappa shape index (κ2) is 9.47. The van der Waals surface area contributed by atoms with Gasteiger partial charge in [-0.25, -0.2) is 4.98 Å². The maximum Gasteiger partial charge on any atom is 0.273 e. The fourth-order valence-corrected chi connectivity index (χ4v) is 4.83. The molecule has 1 fully saturated rings. The maximum atomic E-state index is 13.0. The molecule has 0 radical (unpaired) electrons. The number of aryl methyl sites for hydroxylation is 1. The third-order valence-corrected chi connectivity index (χ3v) is 6.61. The highest BCUT2D eigenvalue weighted by Crippen LogP contribution is 2.29. The molecule has 2 amide bonds. The minimum atomic E-state index is -0.298. The summed E-state index contributed by atoms with van der Waals surface area (Å²) in [5, 5.41) is 6.40. The summed E-state index contributed by atoms with van der Waals surface area (Å²) < 4.78 is 1.71. The first-order valence-corrected chi connectivity index (χ1v) is 11.5. The quantitative estimate of drug-likeness (QED) is 0.591. The Morgan fingerprint density at radius 3 is 2.88 bits per heavy atom. The van der Waals surface area contributed by atoms with Gasteiger partial charge in [0, 0.05) is 25.3 Å². The fraction of sp³-hybridized carbons (Fsp3) is 0.409. The van der Waals surface area contributed by atoms with Crippen molar-refractivity contribution in [2.24, 2.45) is 5.92 Å². The van der Waals surface area contributed by atoms with Crippen molar-refractivity contribution in [2.45, 2.75) is 33.2 Å². The van der Waals surface area contributed by atoms with Crippen LogP contribution in [0.4, 0.5) is 10.8 Å². The standard InChI is InChI=1S/C22H26N6O3S/c1-3-23-20(30)15-8-6-10-27(11-15)22-26-19-18(32-22)21(31)28(13-24-19)12-17(29)25-16-9-5-4-7-14(16)2/h4-5,7,9,13,15H,3,6,8,10-12H2,1-2H3,(H,23,30)(H,25,29)/t15-/m1/s1. The molecule has 1 aliphatic heterocycles. The maximum absolute atomic E-state index is 13.0. The predicted octanol–water partition coefficient (Wildman–Crippen LogP) is 2.15. The number of amides is 2. The smallest absolute Gasteiger partial charge is 0.273 e. The number of anilines is 2. The Balaban J connectivity index is 1.51. The number of hydrogen-bond acceptors (Lipinski definition) is 7. The molecule has 168 valence electrons. The Kier molecular flexibility index (Phi) is 6.50. The van der Waals surface area contributed by atoms with Gasteiger partial charge in [0.15, 0.2) is 10.8 Å². The van der Waals surface area contributed by atoms with Gasteiger partial charge in [-0.15, -0.1) is 0 Å². The van der Waals surface area contributed by atoms with E-state index in [1.807, 2.05) is 43.0 Å². The van der Waals surface area contributed by atoms with E-state index < -0.39 is 0 Å². The number of hydrogen-bond donors (Lipinski definition) is 2. The minimum Gasteiger partial charge on any atom is -0.356 e. The van der Waals surface area contributed by atoms with Crippen LogP contribution in [0.5, 0.6) is 0 Å². The van der Waals surface area contributed by atoms with E-state index in [4.69, 9.17) is 0 Å². The summed E-state index contributed by atoms with van der Waals surface area (Å²) >= 11 is 1.26. The normalized spacial score (nSPS) is 16.2. The number of carbonyl (C=O) groups is 2. The number of thiazole rings is 1. The molecule has 4 rings (SSSR count). The van der Waals surface area contributed by atoms with Crippen LogP contribution in [0.15, 0.2) is 35.4 Å². The van der Waals surface area contributed by atoms with Crippen molar-refractivity contribution in [2.75, 3.05) is 29.9 Å². The van der Waals surface area contributed by atoms with E-state index in [0.29, 0.717) is 34.3 Å². The zero-order valence-electron chi connectivity index (χ0n) is 18.1. The molecule has 0 aliphatic carbocycles. The van der Waals surface area contributed by atoms with E-state index in [-0.39, 0.29) is 29.8 Å². The van der Waals surface area contributed by atoms with Crippen molar-refractivity contribution in [3.8, 4) is 0 Å². The van der Waals surface area contributed by atoms with Crippen molar-refractivity contribution < 1.29 is 9.59 Å². The second-order valence-electron chi connectivity index (χ2n) is 7.87. The molecule has 32 heavy (non-hydrogen) atoms. The first kappa shape index (κ1) is 21.9.